The zero-order chi connectivity index (χ0) is 17.8. The number of hydrogen-bond donors (Lipinski definition) is 1. The zero-order valence-electron chi connectivity index (χ0n) is 15.0. The number of likely N-dealkylation sites (tertiary alicyclic amines) is 1. The third-order valence-electron chi connectivity index (χ3n) is 4.88. The van der Waals surface area contributed by atoms with E-state index in [-0.39, 0.29) is 18.0 Å². The van der Waals surface area contributed by atoms with Gasteiger partial charge in [0.2, 0.25) is 0 Å². The van der Waals surface area contributed by atoms with Gasteiger partial charge in [0.25, 0.3) is 5.91 Å². The number of nitrogens with zero attached hydrogens (tertiary/aromatic N) is 3. The molecular formula is C19H27N3O3. The Bertz CT molecular complexity index is 678. The van der Waals surface area contributed by atoms with E-state index in [9.17, 15) is 9.90 Å². The minimum absolute atomic E-state index is 0.00439. The number of aliphatic hydroxyl groups excluding tert-OH is 1. The molecule has 1 aliphatic rings. The number of aliphatic hydroxyl groups is 1. The summed E-state index contributed by atoms with van der Waals surface area (Å²) in [5, 5.41) is 14.8. The first kappa shape index (κ1) is 17.7. The van der Waals surface area contributed by atoms with Crippen LogP contribution < -0.4 is 0 Å². The van der Waals surface area contributed by atoms with Crippen LogP contribution in [0.25, 0.3) is 0 Å². The third-order valence-corrected chi connectivity index (χ3v) is 4.88. The van der Waals surface area contributed by atoms with Crippen LogP contribution in [0.1, 0.15) is 74.3 Å². The number of rotatable bonds is 5. The highest BCUT2D eigenvalue weighted by molar-refractivity contribution is 5.92. The van der Waals surface area contributed by atoms with Crippen LogP contribution in [0.4, 0.5) is 0 Å². The number of amides is 1. The van der Waals surface area contributed by atoms with Gasteiger partial charge >= 0.3 is 0 Å². The van der Waals surface area contributed by atoms with Crippen LogP contribution in [0.15, 0.2) is 35.1 Å². The lowest BCUT2D eigenvalue weighted by molar-refractivity contribution is 0.0544. The summed E-state index contributed by atoms with van der Waals surface area (Å²) >= 11 is 0. The van der Waals surface area contributed by atoms with Gasteiger partial charge in [-0.2, -0.15) is 5.10 Å². The molecule has 136 valence electrons. The monoisotopic (exact) mass is 345 g/mol. The minimum atomic E-state index is -0.691. The topological polar surface area (TPSA) is 71.5 Å². The van der Waals surface area contributed by atoms with Gasteiger partial charge in [0.05, 0.1) is 6.26 Å². The van der Waals surface area contributed by atoms with E-state index in [2.05, 4.69) is 5.10 Å². The van der Waals surface area contributed by atoms with Gasteiger partial charge in [0.1, 0.15) is 17.6 Å². The Kier molecular flexibility index (Phi) is 5.58. The molecule has 0 radical (unpaired) electrons. The van der Waals surface area contributed by atoms with Crippen molar-refractivity contribution in [2.75, 3.05) is 6.54 Å². The predicted molar refractivity (Wildman–Crippen MR) is 94.2 cm³/mol. The second-order valence-corrected chi connectivity index (χ2v) is 7.02. The van der Waals surface area contributed by atoms with Crippen molar-refractivity contribution in [1.82, 2.24) is 14.7 Å². The van der Waals surface area contributed by atoms with Crippen LogP contribution >= 0.6 is 0 Å². The number of carbonyl (C=O) groups is 1. The second kappa shape index (κ2) is 7.87. The lowest BCUT2D eigenvalue weighted by Crippen LogP contribution is -2.41. The van der Waals surface area contributed by atoms with Gasteiger partial charge in [0, 0.05) is 31.2 Å². The van der Waals surface area contributed by atoms with Crippen molar-refractivity contribution >= 4 is 5.91 Å². The van der Waals surface area contributed by atoms with Gasteiger partial charge in [-0.05, 0) is 44.9 Å². The van der Waals surface area contributed by atoms with Crippen LogP contribution in [0, 0.1) is 0 Å². The average molecular weight is 345 g/mol. The highest BCUT2D eigenvalue weighted by Crippen LogP contribution is 2.28. The maximum Gasteiger partial charge on any atom is 0.272 e. The molecule has 0 bridgehead atoms. The fraction of sp³-hybridized carbons (Fsp3) is 0.579. The Morgan fingerprint density at radius 1 is 1.36 bits per heavy atom. The molecule has 0 spiro atoms. The summed E-state index contributed by atoms with van der Waals surface area (Å²) < 4.78 is 7.09. The van der Waals surface area contributed by atoms with Crippen LogP contribution in [0.2, 0.25) is 0 Å². The molecule has 6 nitrogen and oxygen atoms in total. The zero-order valence-corrected chi connectivity index (χ0v) is 15.0. The Balaban J connectivity index is 1.80. The predicted octanol–water partition coefficient (Wildman–Crippen LogP) is 3.57. The van der Waals surface area contributed by atoms with Crippen molar-refractivity contribution in [3.63, 3.8) is 0 Å². The molecule has 1 aliphatic heterocycles. The van der Waals surface area contributed by atoms with Gasteiger partial charge in [-0.25, -0.2) is 0 Å². The molecule has 3 rings (SSSR count). The van der Waals surface area contributed by atoms with Gasteiger partial charge in [0.15, 0.2) is 0 Å². The number of carbonyl (C=O) groups excluding carboxylic acids is 1. The molecule has 6 heteroatoms. The molecule has 0 aromatic carbocycles. The van der Waals surface area contributed by atoms with Gasteiger partial charge < -0.3 is 14.4 Å². The van der Waals surface area contributed by atoms with Crippen molar-refractivity contribution in [3.05, 3.63) is 42.1 Å². The SMILES string of the molecule is CC(C)n1nccc1C(=O)N1CCCCC[C@@H]1C[C@@H](O)c1ccco1. The van der Waals surface area contributed by atoms with E-state index >= 15 is 0 Å². The molecule has 2 atom stereocenters. The highest BCUT2D eigenvalue weighted by Gasteiger charge is 2.30. The maximum atomic E-state index is 13.2. The lowest BCUT2D eigenvalue weighted by atomic mass is 10.0. The summed E-state index contributed by atoms with van der Waals surface area (Å²) in [4.78, 5) is 15.1. The Morgan fingerprint density at radius 2 is 2.20 bits per heavy atom. The molecule has 1 saturated heterocycles. The van der Waals surface area contributed by atoms with E-state index in [0.29, 0.717) is 17.9 Å². The average Bonchev–Trinajstić information content (AvgIpc) is 3.24. The molecule has 1 amide bonds. The maximum absolute atomic E-state index is 13.2. The second-order valence-electron chi connectivity index (χ2n) is 7.02. The van der Waals surface area contributed by atoms with E-state index in [1.165, 1.54) is 0 Å². The van der Waals surface area contributed by atoms with Crippen LogP contribution in [0.5, 0.6) is 0 Å². The van der Waals surface area contributed by atoms with Crippen LogP contribution in [-0.4, -0.2) is 38.3 Å². The van der Waals surface area contributed by atoms with E-state index < -0.39 is 6.10 Å². The minimum Gasteiger partial charge on any atom is -0.467 e. The fourth-order valence-corrected chi connectivity index (χ4v) is 3.59. The first-order valence-corrected chi connectivity index (χ1v) is 9.14. The quantitative estimate of drug-likeness (QED) is 0.899. The molecular weight excluding hydrogens is 318 g/mol. The molecule has 0 unspecified atom stereocenters. The summed E-state index contributed by atoms with van der Waals surface area (Å²) in [5.41, 5.74) is 0.620. The third kappa shape index (κ3) is 3.95. The standard InChI is InChI=1S/C19H27N3O3/c1-14(2)22-16(9-10-20-22)19(24)21-11-5-3-4-7-15(21)13-17(23)18-8-6-12-25-18/h6,8-10,12,14-15,17,23H,3-5,7,11,13H2,1-2H3/t15-,17-/m1/s1. The van der Waals surface area contributed by atoms with Gasteiger partial charge in [-0.1, -0.05) is 12.8 Å². The smallest absolute Gasteiger partial charge is 0.272 e. The summed E-state index contributed by atoms with van der Waals surface area (Å²) in [6.45, 7) is 4.76. The van der Waals surface area contributed by atoms with Crippen molar-refractivity contribution < 1.29 is 14.3 Å². The number of furan rings is 1. The molecule has 1 N–H and O–H groups in total. The van der Waals surface area contributed by atoms with Crippen molar-refractivity contribution in [2.45, 2.75) is 64.1 Å². The van der Waals surface area contributed by atoms with Crippen molar-refractivity contribution in [2.24, 2.45) is 0 Å². The molecule has 2 aromatic rings. The molecule has 2 aromatic heterocycles. The van der Waals surface area contributed by atoms with Gasteiger partial charge in [-0.3, -0.25) is 9.48 Å². The van der Waals surface area contributed by atoms with Crippen LogP contribution in [-0.2, 0) is 0 Å². The van der Waals surface area contributed by atoms with Crippen molar-refractivity contribution in [3.8, 4) is 0 Å². The Morgan fingerprint density at radius 3 is 2.92 bits per heavy atom. The van der Waals surface area contributed by atoms with E-state index in [4.69, 9.17) is 4.42 Å². The number of aromatic nitrogens is 2. The first-order valence-electron chi connectivity index (χ1n) is 9.14. The largest absolute Gasteiger partial charge is 0.467 e. The first-order chi connectivity index (χ1) is 12.1. The van der Waals surface area contributed by atoms with Crippen molar-refractivity contribution in [1.29, 1.82) is 0 Å². The molecule has 0 aliphatic carbocycles. The summed E-state index contributed by atoms with van der Waals surface area (Å²) in [6.07, 6.45) is 7.13. The lowest BCUT2D eigenvalue weighted by Gasteiger charge is -2.31. The molecule has 1 fully saturated rings. The normalized spacial score (nSPS) is 19.8. The van der Waals surface area contributed by atoms with Gasteiger partial charge in [-0.15, -0.1) is 0 Å². The molecule has 25 heavy (non-hydrogen) atoms. The summed E-state index contributed by atoms with van der Waals surface area (Å²) in [5.74, 6) is 0.564. The summed E-state index contributed by atoms with van der Waals surface area (Å²) in [6, 6.07) is 5.48. The molecule has 0 saturated carbocycles. The summed E-state index contributed by atoms with van der Waals surface area (Å²) in [7, 11) is 0. The Hall–Kier alpha value is -2.08. The highest BCUT2D eigenvalue weighted by atomic mass is 16.4. The van der Waals surface area contributed by atoms with E-state index in [1.54, 1.807) is 35.3 Å². The van der Waals surface area contributed by atoms with Crippen LogP contribution in [0.3, 0.4) is 0 Å². The molecule has 3 heterocycles. The van der Waals surface area contributed by atoms with E-state index in [0.717, 1.165) is 32.2 Å². The number of hydrogen-bond acceptors (Lipinski definition) is 4. The van der Waals surface area contributed by atoms with E-state index in [1.807, 2.05) is 18.7 Å². The Labute approximate surface area is 148 Å². The fourth-order valence-electron chi connectivity index (χ4n) is 3.59.